The molecule has 2 nitrogen and oxygen atoms in total. The lowest BCUT2D eigenvalue weighted by Gasteiger charge is -2.13. The smallest absolute Gasteiger partial charge is 0.203 e. The largest absolute Gasteiger partial charge is 0.486 e. The molecule has 1 unspecified atom stereocenters. The maximum Gasteiger partial charge on any atom is 0.203 e. The minimum absolute atomic E-state index is 0.128. The van der Waals surface area contributed by atoms with Gasteiger partial charge in [-0.1, -0.05) is 13.3 Å². The van der Waals surface area contributed by atoms with Gasteiger partial charge in [-0.3, -0.25) is 0 Å². The molecule has 0 radical (unpaired) electrons. The zero-order valence-corrected chi connectivity index (χ0v) is 9.27. The summed E-state index contributed by atoms with van der Waals surface area (Å²) < 4.78 is 56.6. The monoisotopic (exact) mass is 251 g/mol. The molecule has 0 saturated heterocycles. The van der Waals surface area contributed by atoms with Gasteiger partial charge in [0.15, 0.2) is 17.4 Å². The summed E-state index contributed by atoms with van der Waals surface area (Å²) in [5.41, 5.74) is 5.55. The van der Waals surface area contributed by atoms with Crippen LogP contribution in [0.25, 0.3) is 0 Å². The molecular formula is C11H13F4NO. The normalized spacial score (nSPS) is 12.6. The lowest BCUT2D eigenvalue weighted by atomic mass is 10.2. The van der Waals surface area contributed by atoms with Gasteiger partial charge < -0.3 is 10.5 Å². The molecule has 1 aromatic rings. The third-order valence-electron chi connectivity index (χ3n) is 2.17. The molecule has 6 heteroatoms. The summed E-state index contributed by atoms with van der Waals surface area (Å²) in [4.78, 5) is 0. The first-order valence-corrected chi connectivity index (χ1v) is 5.18. The highest BCUT2D eigenvalue weighted by Crippen LogP contribution is 2.26. The minimum Gasteiger partial charge on any atom is -0.486 e. The molecule has 0 amide bonds. The van der Waals surface area contributed by atoms with E-state index >= 15 is 0 Å². The van der Waals surface area contributed by atoms with Gasteiger partial charge in [-0.2, -0.15) is 8.78 Å². The van der Waals surface area contributed by atoms with Gasteiger partial charge in [-0.05, 0) is 6.42 Å². The van der Waals surface area contributed by atoms with Crippen molar-refractivity contribution in [1.82, 2.24) is 0 Å². The molecule has 1 atom stereocenters. The molecule has 0 aliphatic heterocycles. The Labute approximate surface area is 96.4 Å². The van der Waals surface area contributed by atoms with E-state index < -0.39 is 35.1 Å². The van der Waals surface area contributed by atoms with Crippen molar-refractivity contribution in [2.24, 2.45) is 5.73 Å². The summed E-state index contributed by atoms with van der Waals surface area (Å²) in [6.45, 7) is 1.67. The maximum atomic E-state index is 13.1. The molecular weight excluding hydrogens is 238 g/mol. The van der Waals surface area contributed by atoms with Crippen molar-refractivity contribution in [1.29, 1.82) is 0 Å². The van der Waals surface area contributed by atoms with E-state index in [1.807, 2.05) is 6.92 Å². The first kappa shape index (κ1) is 13.8. The number of benzene rings is 1. The molecule has 0 spiro atoms. The number of nitrogens with two attached hydrogens (primary N) is 1. The zero-order chi connectivity index (χ0) is 13.0. The van der Waals surface area contributed by atoms with Crippen LogP contribution < -0.4 is 10.5 Å². The Morgan fingerprint density at radius 1 is 1.18 bits per heavy atom. The zero-order valence-electron chi connectivity index (χ0n) is 9.27. The highest BCUT2D eigenvalue weighted by molar-refractivity contribution is 5.28. The fourth-order valence-corrected chi connectivity index (χ4v) is 1.32. The molecule has 0 heterocycles. The maximum absolute atomic E-state index is 13.1. The highest BCUT2D eigenvalue weighted by atomic mass is 19.2. The third-order valence-corrected chi connectivity index (χ3v) is 2.17. The number of halogens is 4. The van der Waals surface area contributed by atoms with Crippen LogP contribution in [0.15, 0.2) is 6.07 Å². The van der Waals surface area contributed by atoms with E-state index in [4.69, 9.17) is 5.73 Å². The first-order valence-electron chi connectivity index (χ1n) is 5.18. The van der Waals surface area contributed by atoms with E-state index in [9.17, 15) is 17.6 Å². The summed E-state index contributed by atoms with van der Waals surface area (Å²) in [7, 11) is 0. The van der Waals surface area contributed by atoms with Gasteiger partial charge in [0.2, 0.25) is 11.6 Å². The van der Waals surface area contributed by atoms with Crippen molar-refractivity contribution < 1.29 is 22.3 Å². The van der Waals surface area contributed by atoms with Crippen molar-refractivity contribution in [2.45, 2.75) is 25.8 Å². The Morgan fingerprint density at radius 2 is 1.71 bits per heavy atom. The van der Waals surface area contributed by atoms with Gasteiger partial charge >= 0.3 is 0 Å². The van der Waals surface area contributed by atoms with Gasteiger partial charge in [0.1, 0.15) is 6.61 Å². The van der Waals surface area contributed by atoms with Crippen molar-refractivity contribution in [2.75, 3.05) is 6.61 Å². The topological polar surface area (TPSA) is 35.2 Å². The molecule has 2 N–H and O–H groups in total. The molecule has 0 aromatic heterocycles. The van der Waals surface area contributed by atoms with Crippen molar-refractivity contribution in [3.05, 3.63) is 29.3 Å². The molecule has 96 valence electrons. The summed E-state index contributed by atoms with van der Waals surface area (Å²) >= 11 is 0. The molecule has 17 heavy (non-hydrogen) atoms. The van der Waals surface area contributed by atoms with Crippen LogP contribution in [0.3, 0.4) is 0 Å². The SMILES string of the molecule is CCCC(N)COc1c(F)c(F)cc(F)c1F. The van der Waals surface area contributed by atoms with Gasteiger partial charge in [0.25, 0.3) is 0 Å². The Hall–Kier alpha value is -1.30. The van der Waals surface area contributed by atoms with Crippen molar-refractivity contribution in [3.63, 3.8) is 0 Å². The molecule has 0 aliphatic rings. The van der Waals surface area contributed by atoms with Crippen LogP contribution in [-0.2, 0) is 0 Å². The molecule has 0 aliphatic carbocycles. The molecule has 0 saturated carbocycles. The lowest BCUT2D eigenvalue weighted by Crippen LogP contribution is -2.28. The molecule has 0 bridgehead atoms. The highest BCUT2D eigenvalue weighted by Gasteiger charge is 2.21. The number of hydrogen-bond donors (Lipinski definition) is 1. The predicted molar refractivity (Wildman–Crippen MR) is 54.7 cm³/mol. The van der Waals surface area contributed by atoms with E-state index in [2.05, 4.69) is 4.74 Å². The van der Waals surface area contributed by atoms with Crippen LogP contribution in [0, 0.1) is 23.3 Å². The molecule has 1 aromatic carbocycles. The third kappa shape index (κ3) is 3.33. The Balaban J connectivity index is 2.83. The fraction of sp³-hybridized carbons (Fsp3) is 0.455. The van der Waals surface area contributed by atoms with Gasteiger partial charge in [0.05, 0.1) is 0 Å². The fourth-order valence-electron chi connectivity index (χ4n) is 1.32. The summed E-state index contributed by atoms with van der Waals surface area (Å²) in [5.74, 6) is -7.15. The standard InChI is InChI=1S/C11H13F4NO/c1-2-3-6(16)5-17-11-9(14)7(12)4-8(13)10(11)15/h4,6H,2-3,5,16H2,1H3. The summed E-state index contributed by atoms with van der Waals surface area (Å²) in [6.07, 6.45) is 1.36. The van der Waals surface area contributed by atoms with Crippen LogP contribution in [0.4, 0.5) is 17.6 Å². The number of ether oxygens (including phenoxy) is 1. The van der Waals surface area contributed by atoms with E-state index in [-0.39, 0.29) is 12.7 Å². The first-order chi connectivity index (χ1) is 7.97. The van der Waals surface area contributed by atoms with Gasteiger partial charge in [-0.15, -0.1) is 0 Å². The molecule has 1 rings (SSSR count). The summed E-state index contributed by atoms with van der Waals surface area (Å²) in [6, 6.07) is -0.311. The second kappa shape index (κ2) is 5.86. The van der Waals surface area contributed by atoms with E-state index in [1.165, 1.54) is 0 Å². The second-order valence-electron chi connectivity index (χ2n) is 3.66. The summed E-state index contributed by atoms with van der Waals surface area (Å²) in [5, 5.41) is 0. The number of hydrogen-bond acceptors (Lipinski definition) is 2. The Bertz CT molecular complexity index is 371. The van der Waals surface area contributed by atoms with Crippen LogP contribution >= 0.6 is 0 Å². The second-order valence-corrected chi connectivity index (χ2v) is 3.66. The Morgan fingerprint density at radius 3 is 2.18 bits per heavy atom. The van der Waals surface area contributed by atoms with Crippen LogP contribution in [0.2, 0.25) is 0 Å². The predicted octanol–water partition coefficient (Wildman–Crippen LogP) is 2.75. The van der Waals surface area contributed by atoms with E-state index in [0.29, 0.717) is 6.42 Å². The van der Waals surface area contributed by atoms with Crippen LogP contribution in [-0.4, -0.2) is 12.6 Å². The molecule has 0 fully saturated rings. The Kier molecular flexibility index (Phi) is 4.74. The quantitative estimate of drug-likeness (QED) is 0.645. The number of rotatable bonds is 5. The average molecular weight is 251 g/mol. The van der Waals surface area contributed by atoms with Gasteiger partial charge in [0, 0.05) is 12.1 Å². The lowest BCUT2D eigenvalue weighted by molar-refractivity contribution is 0.247. The van der Waals surface area contributed by atoms with Gasteiger partial charge in [-0.25, -0.2) is 8.78 Å². The van der Waals surface area contributed by atoms with Crippen LogP contribution in [0.1, 0.15) is 19.8 Å². The van der Waals surface area contributed by atoms with Crippen molar-refractivity contribution in [3.8, 4) is 5.75 Å². The van der Waals surface area contributed by atoms with E-state index in [1.54, 1.807) is 0 Å². The van der Waals surface area contributed by atoms with Crippen LogP contribution in [0.5, 0.6) is 5.75 Å². The van der Waals surface area contributed by atoms with E-state index in [0.717, 1.165) is 6.42 Å². The average Bonchev–Trinajstić information content (AvgIpc) is 2.27. The minimum atomic E-state index is -1.55. The van der Waals surface area contributed by atoms with Crippen molar-refractivity contribution >= 4 is 0 Å².